The minimum Gasteiger partial charge on any atom is -0.440 e. The Labute approximate surface area is 196 Å². The van der Waals surface area contributed by atoms with Gasteiger partial charge in [-0.3, -0.25) is 9.59 Å². The molecule has 1 N–H and O–H groups in total. The summed E-state index contributed by atoms with van der Waals surface area (Å²) in [7, 11) is 0. The quantitative estimate of drug-likeness (QED) is 0.456. The molecule has 6 nitrogen and oxygen atoms in total. The first kappa shape index (κ1) is 21.4. The Kier molecular flexibility index (Phi) is 6.21. The van der Waals surface area contributed by atoms with Crippen LogP contribution in [0.5, 0.6) is 0 Å². The number of carbonyl (C=O) groups excluding carboxylic acids is 2. The number of oxazole rings is 1. The van der Waals surface area contributed by atoms with Crippen LogP contribution in [-0.2, 0) is 11.2 Å². The predicted molar refractivity (Wildman–Crippen MR) is 128 cm³/mol. The number of nitrogens with one attached hydrogen (secondary N) is 1. The van der Waals surface area contributed by atoms with E-state index in [1.54, 1.807) is 6.07 Å². The fourth-order valence-electron chi connectivity index (χ4n) is 4.32. The number of amides is 2. The molecule has 1 fully saturated rings. The molecule has 0 bridgehead atoms. The molecule has 1 saturated heterocycles. The largest absolute Gasteiger partial charge is 0.440 e. The van der Waals surface area contributed by atoms with Crippen LogP contribution in [0.25, 0.3) is 11.1 Å². The number of carbonyl (C=O) groups is 2. The molecule has 7 heteroatoms. The van der Waals surface area contributed by atoms with Crippen molar-refractivity contribution >= 4 is 34.3 Å². The first-order chi connectivity index (χ1) is 16.2. The zero-order chi connectivity index (χ0) is 22.6. The monoisotopic (exact) mass is 459 g/mol. The highest BCUT2D eigenvalue weighted by molar-refractivity contribution is 7.12. The van der Waals surface area contributed by atoms with Crippen LogP contribution in [0.2, 0.25) is 0 Å². The molecule has 1 unspecified atom stereocenters. The van der Waals surface area contributed by atoms with Gasteiger partial charge in [-0.25, -0.2) is 4.98 Å². The molecule has 2 aromatic carbocycles. The summed E-state index contributed by atoms with van der Waals surface area (Å²) in [4.78, 5) is 33.3. The van der Waals surface area contributed by atoms with E-state index in [0.29, 0.717) is 24.4 Å². The van der Waals surface area contributed by atoms with Gasteiger partial charge < -0.3 is 14.6 Å². The number of nitrogens with zero attached hydrogens (tertiary/aromatic N) is 2. The number of likely N-dealkylation sites (tertiary alicyclic amines) is 1. The van der Waals surface area contributed by atoms with Crippen molar-refractivity contribution in [1.82, 2.24) is 15.2 Å². The van der Waals surface area contributed by atoms with Crippen molar-refractivity contribution in [2.45, 2.75) is 31.2 Å². The number of hydrogen-bond acceptors (Lipinski definition) is 5. The Morgan fingerprint density at radius 1 is 1.03 bits per heavy atom. The van der Waals surface area contributed by atoms with E-state index in [9.17, 15) is 9.59 Å². The molecule has 3 heterocycles. The third-order valence-corrected chi connectivity index (χ3v) is 6.97. The van der Waals surface area contributed by atoms with Gasteiger partial charge in [0.1, 0.15) is 11.6 Å². The Morgan fingerprint density at radius 3 is 2.52 bits per heavy atom. The topological polar surface area (TPSA) is 75.4 Å². The van der Waals surface area contributed by atoms with Crippen LogP contribution in [0.3, 0.4) is 0 Å². The molecule has 0 saturated carbocycles. The van der Waals surface area contributed by atoms with E-state index < -0.39 is 6.04 Å². The first-order valence-corrected chi connectivity index (χ1v) is 12.1. The Morgan fingerprint density at radius 2 is 1.79 bits per heavy atom. The van der Waals surface area contributed by atoms with Crippen LogP contribution in [0.1, 0.15) is 39.9 Å². The van der Waals surface area contributed by atoms with E-state index in [0.717, 1.165) is 35.4 Å². The maximum absolute atomic E-state index is 13.5. The second-order valence-corrected chi connectivity index (χ2v) is 9.26. The number of fused-ring (bicyclic) bond motifs is 1. The van der Waals surface area contributed by atoms with Crippen molar-refractivity contribution in [3.05, 3.63) is 88.4 Å². The third-order valence-electron chi connectivity index (χ3n) is 6.10. The van der Waals surface area contributed by atoms with Gasteiger partial charge in [-0.1, -0.05) is 48.5 Å². The lowest BCUT2D eigenvalue weighted by molar-refractivity contribution is -0.134. The van der Waals surface area contributed by atoms with Gasteiger partial charge in [0, 0.05) is 25.4 Å². The summed E-state index contributed by atoms with van der Waals surface area (Å²) in [6.45, 7) is 1.23. The molecular weight excluding hydrogens is 434 g/mol. The number of thiophene rings is 1. The van der Waals surface area contributed by atoms with Crippen LogP contribution in [0.15, 0.2) is 76.5 Å². The van der Waals surface area contributed by atoms with Gasteiger partial charge in [-0.05, 0) is 42.0 Å². The molecule has 0 aliphatic carbocycles. The molecular formula is C26H25N3O3S. The zero-order valence-corrected chi connectivity index (χ0v) is 19.0. The average Bonchev–Trinajstić information content (AvgIpc) is 3.54. The van der Waals surface area contributed by atoms with Crippen molar-refractivity contribution in [1.29, 1.82) is 0 Å². The summed E-state index contributed by atoms with van der Waals surface area (Å²) in [5.41, 5.74) is 2.68. The second kappa shape index (κ2) is 9.58. The molecule has 0 radical (unpaired) electrons. The summed E-state index contributed by atoms with van der Waals surface area (Å²) in [6.07, 6.45) is 2.03. The lowest BCUT2D eigenvalue weighted by Crippen LogP contribution is -2.51. The Balaban J connectivity index is 1.27. The predicted octanol–water partition coefficient (Wildman–Crippen LogP) is 4.64. The van der Waals surface area contributed by atoms with Crippen molar-refractivity contribution < 1.29 is 14.0 Å². The Hall–Kier alpha value is -3.45. The molecule has 4 aromatic rings. The van der Waals surface area contributed by atoms with Gasteiger partial charge in [-0.2, -0.15) is 0 Å². The van der Waals surface area contributed by atoms with Gasteiger partial charge in [0.2, 0.25) is 5.91 Å². The third kappa shape index (κ3) is 4.83. The van der Waals surface area contributed by atoms with Gasteiger partial charge >= 0.3 is 0 Å². The number of piperidine rings is 1. The normalized spacial score (nSPS) is 15.5. The van der Waals surface area contributed by atoms with E-state index in [2.05, 4.69) is 10.3 Å². The summed E-state index contributed by atoms with van der Waals surface area (Å²) in [6, 6.07) is 20.6. The molecule has 5 rings (SSSR count). The maximum Gasteiger partial charge on any atom is 0.262 e. The van der Waals surface area contributed by atoms with Crippen LogP contribution in [0, 0.1) is 0 Å². The highest BCUT2D eigenvalue weighted by Crippen LogP contribution is 2.30. The van der Waals surface area contributed by atoms with Gasteiger partial charge in [0.05, 0.1) is 4.88 Å². The molecule has 2 amide bonds. The summed E-state index contributed by atoms with van der Waals surface area (Å²) < 4.78 is 5.95. The number of hydrogen-bond donors (Lipinski definition) is 1. The zero-order valence-electron chi connectivity index (χ0n) is 18.1. The van der Waals surface area contributed by atoms with Crippen molar-refractivity contribution in [3.63, 3.8) is 0 Å². The molecule has 1 aliphatic rings. The molecule has 33 heavy (non-hydrogen) atoms. The van der Waals surface area contributed by atoms with E-state index in [1.165, 1.54) is 11.3 Å². The highest BCUT2D eigenvalue weighted by atomic mass is 32.1. The van der Waals surface area contributed by atoms with Crippen LogP contribution >= 0.6 is 11.3 Å². The minimum absolute atomic E-state index is 0.0419. The summed E-state index contributed by atoms with van der Waals surface area (Å²) in [5, 5.41) is 4.84. The van der Waals surface area contributed by atoms with Crippen molar-refractivity contribution in [3.8, 4) is 0 Å². The number of aromatic nitrogens is 1. The van der Waals surface area contributed by atoms with Gasteiger partial charge in [0.15, 0.2) is 11.5 Å². The van der Waals surface area contributed by atoms with E-state index >= 15 is 0 Å². The fourth-order valence-corrected chi connectivity index (χ4v) is 4.95. The molecule has 1 aliphatic heterocycles. The molecule has 168 valence electrons. The Bertz CT molecular complexity index is 1200. The maximum atomic E-state index is 13.5. The average molecular weight is 460 g/mol. The van der Waals surface area contributed by atoms with Crippen molar-refractivity contribution in [2.24, 2.45) is 0 Å². The van der Waals surface area contributed by atoms with Crippen LogP contribution in [0.4, 0.5) is 0 Å². The minimum atomic E-state index is -0.608. The second-order valence-electron chi connectivity index (χ2n) is 8.31. The standard InChI is InChI=1S/C26H25N3O3S/c30-24(23-11-6-16-33-23)27-21(17-18-7-2-1-3-8-18)26(31)29-14-12-19(13-15-29)25-28-20-9-4-5-10-22(20)32-25/h1-11,16,19,21H,12-15,17H2,(H,27,30). The van der Waals surface area contributed by atoms with E-state index in [1.807, 2.05) is 70.9 Å². The lowest BCUT2D eigenvalue weighted by atomic mass is 9.95. The fraction of sp³-hybridized carbons (Fsp3) is 0.269. The first-order valence-electron chi connectivity index (χ1n) is 11.2. The summed E-state index contributed by atoms with van der Waals surface area (Å²) in [5.74, 6) is 0.685. The van der Waals surface area contributed by atoms with E-state index in [-0.39, 0.29) is 17.7 Å². The van der Waals surface area contributed by atoms with Crippen molar-refractivity contribution in [2.75, 3.05) is 13.1 Å². The lowest BCUT2D eigenvalue weighted by Gasteiger charge is -2.33. The number of rotatable bonds is 6. The molecule has 0 spiro atoms. The molecule has 1 atom stereocenters. The smallest absolute Gasteiger partial charge is 0.262 e. The SMILES string of the molecule is O=C(NC(Cc1ccccc1)C(=O)N1CCC(c2nc3ccccc3o2)CC1)c1cccs1. The van der Waals surface area contributed by atoms with Crippen LogP contribution in [-0.4, -0.2) is 40.8 Å². The molecule has 2 aromatic heterocycles. The number of benzene rings is 2. The number of para-hydroxylation sites is 2. The highest BCUT2D eigenvalue weighted by Gasteiger charge is 2.31. The van der Waals surface area contributed by atoms with Crippen LogP contribution < -0.4 is 5.32 Å². The van der Waals surface area contributed by atoms with Gasteiger partial charge in [0.25, 0.3) is 5.91 Å². The van der Waals surface area contributed by atoms with Gasteiger partial charge in [-0.15, -0.1) is 11.3 Å². The summed E-state index contributed by atoms with van der Waals surface area (Å²) >= 11 is 1.37. The van der Waals surface area contributed by atoms with E-state index in [4.69, 9.17) is 4.42 Å².